The molecule has 3 aromatic rings. The van der Waals surface area contributed by atoms with Gasteiger partial charge in [-0.15, -0.1) is 0 Å². The summed E-state index contributed by atoms with van der Waals surface area (Å²) in [5.41, 5.74) is 0.904. The molecule has 8 heteroatoms. The Morgan fingerprint density at radius 1 is 1.31 bits per heavy atom. The molecule has 1 aliphatic heterocycles. The number of piperazine rings is 1. The van der Waals surface area contributed by atoms with Gasteiger partial charge in [0, 0.05) is 44.6 Å². The third kappa shape index (κ3) is 3.33. The first kappa shape index (κ1) is 16.7. The molecule has 0 aliphatic carbocycles. The lowest BCUT2D eigenvalue weighted by atomic mass is 10.1. The van der Waals surface area contributed by atoms with Gasteiger partial charge in [-0.05, 0) is 24.3 Å². The highest BCUT2D eigenvalue weighted by Crippen LogP contribution is 2.24. The zero-order chi connectivity index (χ0) is 17.9. The summed E-state index contributed by atoms with van der Waals surface area (Å²) in [4.78, 5) is 11.4. The molecule has 0 radical (unpaired) electrons. The van der Waals surface area contributed by atoms with Gasteiger partial charge in [0.25, 0.3) is 0 Å². The summed E-state index contributed by atoms with van der Waals surface area (Å²) in [6, 6.07) is 7.81. The second-order valence-corrected chi connectivity index (χ2v) is 6.33. The molecule has 1 aromatic carbocycles. The predicted molar refractivity (Wildman–Crippen MR) is 95.5 cm³/mol. The third-order valence-corrected chi connectivity index (χ3v) is 4.67. The Bertz CT molecular complexity index is 857. The average Bonchev–Trinajstić information content (AvgIpc) is 3.31. The van der Waals surface area contributed by atoms with Crippen molar-refractivity contribution in [2.45, 2.75) is 12.6 Å². The minimum absolute atomic E-state index is 0.181. The van der Waals surface area contributed by atoms with Crippen LogP contribution in [-0.2, 0) is 13.6 Å². The lowest BCUT2D eigenvalue weighted by Gasteiger charge is -2.34. The highest BCUT2D eigenvalue weighted by atomic mass is 16.5. The fraction of sp³-hybridized carbons (Fsp3) is 0.389. The predicted octanol–water partition coefficient (Wildman–Crippen LogP) is 1.63. The Morgan fingerprint density at radius 2 is 2.15 bits per heavy atom. The second kappa shape index (κ2) is 7.27. The van der Waals surface area contributed by atoms with Gasteiger partial charge in [-0.3, -0.25) is 4.90 Å². The average molecular weight is 354 g/mol. The zero-order valence-corrected chi connectivity index (χ0v) is 14.9. The number of benzene rings is 1. The van der Waals surface area contributed by atoms with Crippen LogP contribution in [-0.4, -0.2) is 51.3 Å². The van der Waals surface area contributed by atoms with E-state index in [-0.39, 0.29) is 6.04 Å². The van der Waals surface area contributed by atoms with Crippen molar-refractivity contribution in [3.05, 3.63) is 48.4 Å². The Morgan fingerprint density at radius 3 is 2.88 bits per heavy atom. The van der Waals surface area contributed by atoms with E-state index in [1.807, 2.05) is 43.7 Å². The van der Waals surface area contributed by atoms with Gasteiger partial charge < -0.3 is 19.1 Å². The summed E-state index contributed by atoms with van der Waals surface area (Å²) in [7, 11) is 3.66. The Kier molecular flexibility index (Phi) is 4.68. The van der Waals surface area contributed by atoms with Crippen molar-refractivity contribution < 1.29 is 9.26 Å². The number of rotatable bonds is 5. The van der Waals surface area contributed by atoms with Gasteiger partial charge in [-0.25, -0.2) is 4.98 Å². The molecule has 0 saturated carbocycles. The highest BCUT2D eigenvalue weighted by Gasteiger charge is 2.28. The molecule has 1 aliphatic rings. The van der Waals surface area contributed by atoms with Gasteiger partial charge in [0.2, 0.25) is 11.7 Å². The number of hydrogen-bond acceptors (Lipinski definition) is 7. The molecule has 26 heavy (non-hydrogen) atoms. The topological polar surface area (TPSA) is 81.2 Å². The molecule has 1 N–H and O–H groups in total. The molecule has 136 valence electrons. The largest absolute Gasteiger partial charge is 0.497 e. The number of methoxy groups -OCH3 is 1. The van der Waals surface area contributed by atoms with Crippen LogP contribution < -0.4 is 10.1 Å². The van der Waals surface area contributed by atoms with Crippen molar-refractivity contribution in [3.8, 4) is 17.1 Å². The van der Waals surface area contributed by atoms with Gasteiger partial charge >= 0.3 is 0 Å². The first-order chi connectivity index (χ1) is 12.7. The Balaban J connectivity index is 1.51. The minimum Gasteiger partial charge on any atom is -0.497 e. The smallest absolute Gasteiger partial charge is 0.241 e. The molecule has 0 spiro atoms. The molecule has 1 fully saturated rings. The van der Waals surface area contributed by atoms with E-state index in [1.165, 1.54) is 0 Å². The summed E-state index contributed by atoms with van der Waals surface area (Å²) in [5, 5.41) is 7.56. The molecule has 1 saturated heterocycles. The van der Waals surface area contributed by atoms with Crippen molar-refractivity contribution >= 4 is 0 Å². The van der Waals surface area contributed by atoms with Crippen LogP contribution in [0.5, 0.6) is 5.75 Å². The standard InChI is InChI=1S/C18H22N6O2/c1-23-9-8-20-18(23)15-11-19-7-10-24(15)12-16-21-17(22-26-16)13-3-5-14(25-2)6-4-13/h3-6,8-9,15,19H,7,10-12H2,1-2H3. The lowest BCUT2D eigenvalue weighted by Crippen LogP contribution is -2.46. The van der Waals surface area contributed by atoms with Crippen LogP contribution in [0.4, 0.5) is 0 Å². The van der Waals surface area contributed by atoms with Crippen molar-refractivity contribution in [1.82, 2.24) is 29.9 Å². The summed E-state index contributed by atoms with van der Waals surface area (Å²) >= 11 is 0. The maximum Gasteiger partial charge on any atom is 0.241 e. The van der Waals surface area contributed by atoms with E-state index in [9.17, 15) is 0 Å². The van der Waals surface area contributed by atoms with Gasteiger partial charge in [0.15, 0.2) is 0 Å². The number of hydrogen-bond donors (Lipinski definition) is 1. The number of aryl methyl sites for hydroxylation is 1. The molecule has 0 amide bonds. The Hall–Kier alpha value is -2.71. The maximum absolute atomic E-state index is 5.49. The van der Waals surface area contributed by atoms with E-state index in [0.717, 1.165) is 36.8 Å². The maximum atomic E-state index is 5.49. The molecule has 1 unspecified atom stereocenters. The van der Waals surface area contributed by atoms with Gasteiger partial charge in [-0.1, -0.05) is 5.16 Å². The SMILES string of the molecule is COc1ccc(-c2noc(CN3CCNCC3c3nccn3C)n2)cc1. The van der Waals surface area contributed by atoms with Crippen LogP contribution in [0.15, 0.2) is 41.2 Å². The molecular weight excluding hydrogens is 332 g/mol. The van der Waals surface area contributed by atoms with Crippen LogP contribution in [0.3, 0.4) is 0 Å². The second-order valence-electron chi connectivity index (χ2n) is 6.33. The van der Waals surface area contributed by atoms with Crippen molar-refractivity contribution in [2.24, 2.45) is 7.05 Å². The Labute approximate surface area is 151 Å². The van der Waals surface area contributed by atoms with E-state index in [0.29, 0.717) is 18.3 Å². The van der Waals surface area contributed by atoms with E-state index >= 15 is 0 Å². The monoisotopic (exact) mass is 354 g/mol. The number of nitrogens with zero attached hydrogens (tertiary/aromatic N) is 5. The molecule has 8 nitrogen and oxygen atoms in total. The van der Waals surface area contributed by atoms with Crippen molar-refractivity contribution in [2.75, 3.05) is 26.7 Å². The van der Waals surface area contributed by atoms with Crippen LogP contribution in [0, 0.1) is 0 Å². The fourth-order valence-electron chi connectivity index (χ4n) is 3.24. The third-order valence-electron chi connectivity index (χ3n) is 4.67. The number of imidazole rings is 1. The fourth-order valence-corrected chi connectivity index (χ4v) is 3.24. The summed E-state index contributed by atoms with van der Waals surface area (Å²) in [6.07, 6.45) is 3.80. The van der Waals surface area contributed by atoms with E-state index < -0.39 is 0 Å². The van der Waals surface area contributed by atoms with Crippen LogP contribution in [0.25, 0.3) is 11.4 Å². The summed E-state index contributed by atoms with van der Waals surface area (Å²) in [6.45, 7) is 3.28. The molecule has 1 atom stereocenters. The van der Waals surface area contributed by atoms with E-state index in [1.54, 1.807) is 7.11 Å². The normalized spacial score (nSPS) is 18.2. The van der Waals surface area contributed by atoms with Crippen LogP contribution in [0.1, 0.15) is 17.8 Å². The summed E-state index contributed by atoms with van der Waals surface area (Å²) < 4.78 is 12.7. The molecule has 4 rings (SSSR count). The quantitative estimate of drug-likeness (QED) is 0.746. The van der Waals surface area contributed by atoms with E-state index in [4.69, 9.17) is 9.26 Å². The first-order valence-corrected chi connectivity index (χ1v) is 8.63. The number of ether oxygens (including phenoxy) is 1. The summed E-state index contributed by atoms with van der Waals surface area (Å²) in [5.74, 6) is 3.03. The molecular formula is C18H22N6O2. The molecule has 0 bridgehead atoms. The minimum atomic E-state index is 0.181. The first-order valence-electron chi connectivity index (χ1n) is 8.63. The van der Waals surface area contributed by atoms with E-state index in [2.05, 4.69) is 29.9 Å². The van der Waals surface area contributed by atoms with Gasteiger partial charge in [-0.2, -0.15) is 4.98 Å². The van der Waals surface area contributed by atoms with Crippen LogP contribution >= 0.6 is 0 Å². The molecule has 2 aromatic heterocycles. The number of nitrogens with one attached hydrogen (secondary N) is 1. The van der Waals surface area contributed by atoms with Crippen molar-refractivity contribution in [1.29, 1.82) is 0 Å². The van der Waals surface area contributed by atoms with Crippen LogP contribution in [0.2, 0.25) is 0 Å². The zero-order valence-electron chi connectivity index (χ0n) is 14.9. The van der Waals surface area contributed by atoms with Gasteiger partial charge in [0.05, 0.1) is 19.7 Å². The number of aromatic nitrogens is 4. The van der Waals surface area contributed by atoms with Gasteiger partial charge in [0.1, 0.15) is 11.6 Å². The van der Waals surface area contributed by atoms with Crippen molar-refractivity contribution in [3.63, 3.8) is 0 Å². The highest BCUT2D eigenvalue weighted by molar-refractivity contribution is 5.55. The molecule has 3 heterocycles. The lowest BCUT2D eigenvalue weighted by molar-refractivity contribution is 0.128.